The summed E-state index contributed by atoms with van der Waals surface area (Å²) in [6.45, 7) is -0.354. The molecule has 0 spiro atoms. The van der Waals surface area contributed by atoms with Crippen LogP contribution in [0.4, 0.5) is 4.39 Å². The normalized spacial score (nSPS) is 19.1. The van der Waals surface area contributed by atoms with E-state index in [1.807, 2.05) is 0 Å². The molecule has 9 nitrogen and oxygen atoms in total. The van der Waals surface area contributed by atoms with Crippen molar-refractivity contribution in [1.82, 2.24) is 24.6 Å². The molecular weight excluding hydrogens is 560 g/mol. The zero-order chi connectivity index (χ0) is 28.2. The van der Waals surface area contributed by atoms with Crippen LogP contribution in [0.5, 0.6) is 0 Å². The number of rotatable bonds is 8. The van der Waals surface area contributed by atoms with E-state index in [2.05, 4.69) is 15.1 Å². The molecule has 1 N–H and O–H groups in total. The lowest BCUT2D eigenvalue weighted by molar-refractivity contribution is -0.139. The standard InChI is InChI=1S/C28H22Cl2FN5O4/c1-35-13-17(10-34-35)25(37)16-8-21-24(22(31)9-16)28(40-15-27(39)6-7-27,18-2-4-19(29)5-3-18)36(26(21)38)14-23-32-11-20(30)12-33-23/h2-5,8-13,39H,6-7,14-15H2,1H3/t28-/m1/s1. The Morgan fingerprint density at radius 3 is 2.40 bits per heavy atom. The van der Waals surface area contributed by atoms with Crippen molar-refractivity contribution in [2.75, 3.05) is 6.61 Å². The van der Waals surface area contributed by atoms with Crippen molar-refractivity contribution < 1.29 is 23.8 Å². The number of ether oxygens (including phenoxy) is 1. The first-order valence-corrected chi connectivity index (χ1v) is 13.1. The Morgan fingerprint density at radius 1 is 1.07 bits per heavy atom. The number of aromatic nitrogens is 4. The lowest BCUT2D eigenvalue weighted by Crippen LogP contribution is -2.48. The third kappa shape index (κ3) is 4.56. The van der Waals surface area contributed by atoms with Crippen LogP contribution in [0.15, 0.2) is 61.2 Å². The Hall–Kier alpha value is -3.70. The van der Waals surface area contributed by atoms with Crippen LogP contribution >= 0.6 is 23.2 Å². The van der Waals surface area contributed by atoms with Gasteiger partial charge in [0.2, 0.25) is 0 Å². The average Bonchev–Trinajstić information content (AvgIpc) is 3.43. The number of aliphatic hydroxyl groups is 1. The van der Waals surface area contributed by atoms with Crippen molar-refractivity contribution in [1.29, 1.82) is 0 Å². The van der Waals surface area contributed by atoms with Crippen LogP contribution in [0.1, 0.15) is 56.1 Å². The second-order valence-electron chi connectivity index (χ2n) is 9.99. The van der Waals surface area contributed by atoms with Crippen LogP contribution in [-0.4, -0.2) is 53.7 Å². The van der Waals surface area contributed by atoms with Gasteiger partial charge in [0.05, 0.1) is 46.7 Å². The first-order chi connectivity index (χ1) is 19.1. The SMILES string of the molecule is Cn1cc(C(=O)c2cc(F)c3c(c2)C(=O)N(Cc2ncc(Cl)cn2)[C@@]3(OCC2(O)CC2)c2ccc(Cl)cc2)cn1. The van der Waals surface area contributed by atoms with E-state index in [0.29, 0.717) is 28.5 Å². The molecule has 1 aliphatic heterocycles. The summed E-state index contributed by atoms with van der Waals surface area (Å²) < 4.78 is 24.2. The fourth-order valence-corrected chi connectivity index (χ4v) is 5.08. The van der Waals surface area contributed by atoms with Gasteiger partial charge in [0, 0.05) is 41.8 Å². The van der Waals surface area contributed by atoms with Crippen molar-refractivity contribution in [2.45, 2.75) is 30.7 Å². The number of halogens is 3. The summed E-state index contributed by atoms with van der Waals surface area (Å²) in [4.78, 5) is 37.1. The molecular formula is C28H22Cl2FN5O4. The van der Waals surface area contributed by atoms with Crippen molar-refractivity contribution in [2.24, 2.45) is 7.05 Å². The number of ketones is 1. The number of hydrogen-bond donors (Lipinski definition) is 1. The van der Waals surface area contributed by atoms with Gasteiger partial charge in [-0.3, -0.25) is 19.2 Å². The number of nitrogens with zero attached hydrogens (tertiary/aromatic N) is 5. The van der Waals surface area contributed by atoms with Crippen molar-refractivity contribution in [3.63, 3.8) is 0 Å². The van der Waals surface area contributed by atoms with Gasteiger partial charge in [-0.15, -0.1) is 0 Å². The number of hydrogen-bond acceptors (Lipinski definition) is 7. The fourth-order valence-electron chi connectivity index (χ4n) is 4.86. The molecule has 3 heterocycles. The van der Waals surface area contributed by atoms with E-state index < -0.39 is 28.8 Å². The third-order valence-electron chi connectivity index (χ3n) is 7.10. The highest BCUT2D eigenvalue weighted by molar-refractivity contribution is 6.30. The first kappa shape index (κ1) is 26.5. The van der Waals surface area contributed by atoms with E-state index in [1.165, 1.54) is 40.4 Å². The van der Waals surface area contributed by atoms with E-state index >= 15 is 4.39 Å². The molecule has 0 radical (unpaired) electrons. The molecule has 1 saturated carbocycles. The van der Waals surface area contributed by atoms with Gasteiger partial charge in [0.1, 0.15) is 11.6 Å². The molecule has 1 atom stereocenters. The Bertz CT molecular complexity index is 1640. The van der Waals surface area contributed by atoms with Gasteiger partial charge in [-0.2, -0.15) is 5.10 Å². The van der Waals surface area contributed by atoms with Gasteiger partial charge in [-0.1, -0.05) is 35.3 Å². The molecule has 1 amide bonds. The smallest absolute Gasteiger partial charge is 0.257 e. The summed E-state index contributed by atoms with van der Waals surface area (Å²) in [6.07, 6.45) is 6.67. The second kappa shape index (κ2) is 9.74. The van der Waals surface area contributed by atoms with Crippen molar-refractivity contribution in [3.8, 4) is 0 Å². The highest BCUT2D eigenvalue weighted by Gasteiger charge is 2.56. The topological polar surface area (TPSA) is 110 Å². The number of benzene rings is 2. The molecule has 0 unspecified atom stereocenters. The molecule has 40 heavy (non-hydrogen) atoms. The molecule has 204 valence electrons. The minimum atomic E-state index is -1.82. The largest absolute Gasteiger partial charge is 0.387 e. The summed E-state index contributed by atoms with van der Waals surface area (Å²) in [5.74, 6) is -1.70. The van der Waals surface area contributed by atoms with Crippen LogP contribution in [0, 0.1) is 5.82 Å². The number of carbonyl (C=O) groups is 2. The number of fused-ring (bicyclic) bond motifs is 1. The van der Waals surface area contributed by atoms with E-state index in [1.54, 1.807) is 31.3 Å². The van der Waals surface area contributed by atoms with E-state index in [9.17, 15) is 14.7 Å². The lowest BCUT2D eigenvalue weighted by Gasteiger charge is -2.39. The Morgan fingerprint density at radius 2 is 1.77 bits per heavy atom. The van der Waals surface area contributed by atoms with Crippen LogP contribution < -0.4 is 0 Å². The van der Waals surface area contributed by atoms with Crippen LogP contribution in [0.3, 0.4) is 0 Å². The molecule has 2 aromatic carbocycles. The number of carbonyl (C=O) groups excluding carboxylic acids is 2. The Kier molecular flexibility index (Phi) is 6.46. The molecule has 12 heteroatoms. The highest BCUT2D eigenvalue weighted by atomic mass is 35.5. The molecule has 0 saturated heterocycles. The minimum Gasteiger partial charge on any atom is -0.387 e. The monoisotopic (exact) mass is 581 g/mol. The predicted octanol–water partition coefficient (Wildman–Crippen LogP) is 4.29. The lowest BCUT2D eigenvalue weighted by atomic mass is 9.90. The summed E-state index contributed by atoms with van der Waals surface area (Å²) in [6, 6.07) is 8.91. The minimum absolute atomic E-state index is 0.0204. The highest BCUT2D eigenvalue weighted by Crippen LogP contribution is 2.49. The Balaban J connectivity index is 1.55. The Labute approximate surface area is 238 Å². The summed E-state index contributed by atoms with van der Waals surface area (Å²) in [5.41, 5.74) is -2.44. The molecule has 0 bridgehead atoms. The van der Waals surface area contributed by atoms with E-state index in [0.717, 1.165) is 6.07 Å². The van der Waals surface area contributed by atoms with Crippen molar-refractivity contribution in [3.05, 3.63) is 111 Å². The molecule has 1 fully saturated rings. The molecule has 2 aromatic heterocycles. The molecule has 4 aromatic rings. The average molecular weight is 582 g/mol. The van der Waals surface area contributed by atoms with E-state index in [4.69, 9.17) is 27.9 Å². The van der Waals surface area contributed by atoms with Gasteiger partial charge in [-0.05, 0) is 37.1 Å². The molecule has 1 aliphatic carbocycles. The first-order valence-electron chi connectivity index (χ1n) is 12.4. The van der Waals surface area contributed by atoms with Gasteiger partial charge < -0.3 is 9.84 Å². The molecule has 2 aliphatic rings. The zero-order valence-corrected chi connectivity index (χ0v) is 22.7. The van der Waals surface area contributed by atoms with Gasteiger partial charge in [0.25, 0.3) is 5.91 Å². The summed E-state index contributed by atoms with van der Waals surface area (Å²) >= 11 is 12.1. The maximum Gasteiger partial charge on any atom is 0.257 e. The van der Waals surface area contributed by atoms with E-state index in [-0.39, 0.29) is 41.2 Å². The third-order valence-corrected chi connectivity index (χ3v) is 7.55. The van der Waals surface area contributed by atoms with Crippen LogP contribution in [0.25, 0.3) is 0 Å². The number of amides is 1. The van der Waals surface area contributed by atoms with Gasteiger partial charge in [-0.25, -0.2) is 14.4 Å². The number of aryl methyl sites for hydroxylation is 1. The summed E-state index contributed by atoms with van der Waals surface area (Å²) in [5, 5.41) is 15.4. The van der Waals surface area contributed by atoms with Gasteiger partial charge in [0.15, 0.2) is 11.5 Å². The second-order valence-corrected chi connectivity index (χ2v) is 10.9. The maximum atomic E-state index is 16.3. The van der Waals surface area contributed by atoms with Crippen molar-refractivity contribution >= 4 is 34.9 Å². The summed E-state index contributed by atoms with van der Waals surface area (Å²) in [7, 11) is 1.66. The van der Waals surface area contributed by atoms with Crippen LogP contribution in [0.2, 0.25) is 10.0 Å². The van der Waals surface area contributed by atoms with Gasteiger partial charge >= 0.3 is 0 Å². The molecule has 6 rings (SSSR count). The predicted molar refractivity (Wildman–Crippen MR) is 142 cm³/mol. The van der Waals surface area contributed by atoms with Crippen LogP contribution in [-0.2, 0) is 24.1 Å². The maximum absolute atomic E-state index is 16.3. The fraction of sp³-hybridized carbons (Fsp3) is 0.250. The zero-order valence-electron chi connectivity index (χ0n) is 21.1. The quantitative estimate of drug-likeness (QED) is 0.309.